The van der Waals surface area contributed by atoms with Gasteiger partial charge in [0.25, 0.3) is 0 Å². The molecule has 152 valence electrons. The molecule has 0 spiro atoms. The summed E-state index contributed by atoms with van der Waals surface area (Å²) < 4.78 is 7.55. The minimum atomic E-state index is -0.655. The van der Waals surface area contributed by atoms with Gasteiger partial charge in [-0.3, -0.25) is 0 Å². The van der Waals surface area contributed by atoms with E-state index in [1.54, 1.807) is 30.3 Å². The van der Waals surface area contributed by atoms with Crippen LogP contribution in [-0.4, -0.2) is 10.5 Å². The smallest absolute Gasteiger partial charge is 0.354 e. The van der Waals surface area contributed by atoms with Gasteiger partial charge in [-0.1, -0.05) is 50.1 Å². The van der Waals surface area contributed by atoms with Crippen molar-refractivity contribution in [2.45, 2.75) is 39.2 Å². The second-order valence-corrected chi connectivity index (χ2v) is 7.20. The fraction of sp³-hybridized carbons (Fsp3) is 0.231. The van der Waals surface area contributed by atoms with Gasteiger partial charge >= 0.3 is 5.97 Å². The lowest BCUT2D eigenvalue weighted by Crippen LogP contribution is -2.09. The van der Waals surface area contributed by atoms with Crippen molar-refractivity contribution in [3.63, 3.8) is 0 Å². The Hall–Kier alpha value is -3.58. The molecule has 3 rings (SSSR count). The van der Waals surface area contributed by atoms with Crippen LogP contribution in [0.15, 0.2) is 73.0 Å². The van der Waals surface area contributed by atoms with Gasteiger partial charge in [0.05, 0.1) is 0 Å². The first-order chi connectivity index (χ1) is 14.7. The summed E-state index contributed by atoms with van der Waals surface area (Å²) in [6, 6.07) is 17.1. The Kier molecular flexibility index (Phi) is 7.24. The predicted molar refractivity (Wildman–Crippen MR) is 121 cm³/mol. The number of aromatic nitrogens is 1. The van der Waals surface area contributed by atoms with E-state index >= 15 is 0 Å². The Morgan fingerprint density at radius 2 is 2.00 bits per heavy atom. The molecule has 0 atom stereocenters. The topological polar surface area (TPSA) is 55.0 Å². The van der Waals surface area contributed by atoms with Crippen LogP contribution < -0.4 is 4.74 Å². The molecule has 0 aliphatic heterocycles. The van der Waals surface area contributed by atoms with Gasteiger partial charge in [-0.2, -0.15) is 5.26 Å². The van der Waals surface area contributed by atoms with Crippen LogP contribution >= 0.6 is 0 Å². The average molecular weight is 399 g/mol. The Morgan fingerprint density at radius 3 is 2.70 bits per heavy atom. The normalized spacial score (nSPS) is 11.3. The molecule has 2 aromatic carbocycles. The molecule has 30 heavy (non-hydrogen) atoms. The Balaban J connectivity index is 1.98. The number of hydrogen-bond donors (Lipinski definition) is 0. The van der Waals surface area contributed by atoms with Gasteiger partial charge in [-0.05, 0) is 48.7 Å². The Bertz CT molecular complexity index is 1100. The maximum Gasteiger partial charge on any atom is 0.354 e. The van der Waals surface area contributed by atoms with Crippen LogP contribution in [0.3, 0.4) is 0 Å². The molecule has 0 fully saturated rings. The molecule has 4 heteroatoms. The van der Waals surface area contributed by atoms with Gasteiger partial charge in [-0.15, -0.1) is 6.58 Å². The van der Waals surface area contributed by atoms with Crippen molar-refractivity contribution < 1.29 is 9.53 Å². The van der Waals surface area contributed by atoms with E-state index in [9.17, 15) is 10.1 Å². The highest BCUT2D eigenvalue weighted by molar-refractivity contribution is 6.02. The molecular weight excluding hydrogens is 372 g/mol. The standard InChI is InChI=1S/C26H26N2O2/c1-3-5-9-15-28-19-22(24-16-20(10-4-2)13-14-25(24)28)17-21(18-27)26(29)30-23-11-7-6-8-12-23/h4,6-8,11-14,16-17,19H,2-3,5,9-10,15H2,1H3/b21-17+. The van der Waals surface area contributed by atoms with E-state index in [4.69, 9.17) is 4.74 Å². The van der Waals surface area contributed by atoms with E-state index in [0.29, 0.717) is 5.75 Å². The summed E-state index contributed by atoms with van der Waals surface area (Å²) in [6.45, 7) is 6.90. The molecule has 0 unspecified atom stereocenters. The Labute approximate surface area is 177 Å². The first kappa shape index (κ1) is 21.1. The summed E-state index contributed by atoms with van der Waals surface area (Å²) in [5.41, 5.74) is 3.05. The molecule has 0 amide bonds. The van der Waals surface area contributed by atoms with E-state index in [1.165, 1.54) is 0 Å². The van der Waals surface area contributed by atoms with Gasteiger partial charge in [-0.25, -0.2) is 4.79 Å². The third kappa shape index (κ3) is 5.07. The molecule has 3 aromatic rings. The fourth-order valence-corrected chi connectivity index (χ4v) is 3.44. The number of unbranched alkanes of at least 4 members (excludes halogenated alkanes) is 2. The van der Waals surface area contributed by atoms with Crippen LogP contribution in [0.1, 0.15) is 37.3 Å². The fourth-order valence-electron chi connectivity index (χ4n) is 3.44. The van der Waals surface area contributed by atoms with Crippen molar-refractivity contribution in [2.75, 3.05) is 0 Å². The van der Waals surface area contributed by atoms with Gasteiger partial charge in [0, 0.05) is 29.2 Å². The number of hydrogen-bond acceptors (Lipinski definition) is 3. The molecule has 0 radical (unpaired) electrons. The molecule has 1 heterocycles. The maximum atomic E-state index is 12.5. The third-order valence-electron chi connectivity index (χ3n) is 4.95. The van der Waals surface area contributed by atoms with Gasteiger partial charge in [0.2, 0.25) is 0 Å². The van der Waals surface area contributed by atoms with E-state index in [1.807, 2.05) is 24.4 Å². The first-order valence-corrected chi connectivity index (χ1v) is 10.3. The molecule has 0 saturated carbocycles. The van der Waals surface area contributed by atoms with Crippen LogP contribution in [0, 0.1) is 11.3 Å². The molecule has 0 bridgehead atoms. The van der Waals surface area contributed by atoms with Crippen molar-refractivity contribution in [3.05, 3.63) is 84.1 Å². The number of carbonyl (C=O) groups excluding carboxylic acids is 1. The van der Waals surface area contributed by atoms with E-state index in [-0.39, 0.29) is 5.57 Å². The number of ether oxygens (including phenoxy) is 1. The zero-order valence-electron chi connectivity index (χ0n) is 17.3. The van der Waals surface area contributed by atoms with E-state index in [2.05, 4.69) is 36.3 Å². The first-order valence-electron chi connectivity index (χ1n) is 10.3. The van der Waals surface area contributed by atoms with Crippen LogP contribution in [0.4, 0.5) is 0 Å². The number of carbonyl (C=O) groups is 1. The highest BCUT2D eigenvalue weighted by atomic mass is 16.5. The number of benzene rings is 2. The lowest BCUT2D eigenvalue weighted by molar-refractivity contribution is -0.129. The van der Waals surface area contributed by atoms with Crippen molar-refractivity contribution >= 4 is 22.9 Å². The molecule has 4 nitrogen and oxygen atoms in total. The Morgan fingerprint density at radius 1 is 1.20 bits per heavy atom. The number of fused-ring (bicyclic) bond motifs is 1. The lowest BCUT2D eigenvalue weighted by Gasteiger charge is -2.05. The summed E-state index contributed by atoms with van der Waals surface area (Å²) in [5.74, 6) is -0.239. The molecule has 1 aromatic heterocycles. The zero-order chi connectivity index (χ0) is 21.3. The van der Waals surface area contributed by atoms with E-state index < -0.39 is 5.97 Å². The molecule has 0 N–H and O–H groups in total. The van der Waals surface area contributed by atoms with E-state index in [0.717, 1.165) is 54.3 Å². The number of para-hydroxylation sites is 1. The van der Waals surface area contributed by atoms with Crippen LogP contribution in [0.2, 0.25) is 0 Å². The van der Waals surface area contributed by atoms with Crippen LogP contribution in [-0.2, 0) is 17.8 Å². The minimum absolute atomic E-state index is 0.0272. The third-order valence-corrected chi connectivity index (χ3v) is 4.95. The van der Waals surface area contributed by atoms with Crippen molar-refractivity contribution in [2.24, 2.45) is 0 Å². The molecule has 0 saturated heterocycles. The van der Waals surface area contributed by atoms with Crippen molar-refractivity contribution in [1.82, 2.24) is 4.57 Å². The van der Waals surface area contributed by atoms with Gasteiger partial charge in [0.1, 0.15) is 17.4 Å². The second kappa shape index (κ2) is 10.3. The SMILES string of the molecule is C=CCc1ccc2c(c1)c(/C=C(\C#N)C(=O)Oc1ccccc1)cn2CCCCC. The maximum absolute atomic E-state index is 12.5. The summed E-state index contributed by atoms with van der Waals surface area (Å²) in [5, 5.41) is 10.6. The quantitative estimate of drug-likeness (QED) is 0.110. The summed E-state index contributed by atoms with van der Waals surface area (Å²) in [4.78, 5) is 12.5. The van der Waals surface area contributed by atoms with Crippen molar-refractivity contribution in [3.8, 4) is 11.8 Å². The lowest BCUT2D eigenvalue weighted by atomic mass is 10.1. The molecular formula is C26H26N2O2. The highest BCUT2D eigenvalue weighted by Gasteiger charge is 2.15. The summed E-state index contributed by atoms with van der Waals surface area (Å²) in [7, 11) is 0. The summed E-state index contributed by atoms with van der Waals surface area (Å²) in [6.07, 6.45) is 9.67. The zero-order valence-corrected chi connectivity index (χ0v) is 17.3. The van der Waals surface area contributed by atoms with Crippen LogP contribution in [0.25, 0.3) is 17.0 Å². The highest BCUT2D eigenvalue weighted by Crippen LogP contribution is 2.26. The minimum Gasteiger partial charge on any atom is -0.422 e. The molecule has 0 aliphatic carbocycles. The molecule has 0 aliphatic rings. The van der Waals surface area contributed by atoms with Gasteiger partial charge < -0.3 is 9.30 Å². The number of allylic oxidation sites excluding steroid dienone is 1. The predicted octanol–water partition coefficient (Wildman–Crippen LogP) is 6.07. The number of nitriles is 1. The number of aryl methyl sites for hydroxylation is 1. The van der Waals surface area contributed by atoms with Gasteiger partial charge in [0.15, 0.2) is 0 Å². The van der Waals surface area contributed by atoms with Crippen LogP contribution in [0.5, 0.6) is 5.75 Å². The number of nitrogens with zero attached hydrogens (tertiary/aromatic N) is 2. The monoisotopic (exact) mass is 398 g/mol. The second-order valence-electron chi connectivity index (χ2n) is 7.20. The van der Waals surface area contributed by atoms with Crippen molar-refractivity contribution in [1.29, 1.82) is 5.26 Å². The average Bonchev–Trinajstić information content (AvgIpc) is 3.10. The number of esters is 1. The summed E-state index contributed by atoms with van der Waals surface area (Å²) >= 11 is 0. The largest absolute Gasteiger partial charge is 0.422 e. The number of rotatable bonds is 9.